The first kappa shape index (κ1) is 22.7. The topological polar surface area (TPSA) is 66.5 Å². The van der Waals surface area contributed by atoms with E-state index in [1.807, 2.05) is 12.2 Å². The third kappa shape index (κ3) is 3.79. The number of hydrogen-bond donors (Lipinski definition) is 1. The van der Waals surface area contributed by atoms with E-state index in [4.69, 9.17) is 11.6 Å². The highest BCUT2D eigenvalue weighted by Crippen LogP contribution is 2.53. The number of nitrogens with zero attached hydrogens (tertiary/aromatic N) is 1. The SMILES string of the molecule is O=C(Nc1cc(C(F)(F)F)ccc1Cl)[C@@H](Cc1ccccc1)N1C(=O)[C@@H]2[C@H](C1=O)[C@H]1C=C[C@H]2C1. The Balaban J connectivity index is 1.47. The number of fused-ring (bicyclic) bond motifs is 5. The lowest BCUT2D eigenvalue weighted by Gasteiger charge is -2.27. The average Bonchev–Trinajstić information content (AvgIpc) is 3.47. The summed E-state index contributed by atoms with van der Waals surface area (Å²) in [7, 11) is 0. The first-order chi connectivity index (χ1) is 16.1. The summed E-state index contributed by atoms with van der Waals surface area (Å²) in [5.74, 6) is -2.63. The van der Waals surface area contributed by atoms with Gasteiger partial charge in [0.1, 0.15) is 6.04 Å². The molecule has 1 saturated carbocycles. The van der Waals surface area contributed by atoms with Crippen molar-refractivity contribution < 1.29 is 27.6 Å². The molecule has 34 heavy (non-hydrogen) atoms. The lowest BCUT2D eigenvalue weighted by molar-refractivity contribution is -0.147. The minimum Gasteiger partial charge on any atom is -0.323 e. The van der Waals surface area contributed by atoms with Crippen molar-refractivity contribution in [2.75, 3.05) is 5.32 Å². The number of alkyl halides is 3. The highest BCUT2D eigenvalue weighted by Gasteiger charge is 2.61. The van der Waals surface area contributed by atoms with Crippen molar-refractivity contribution in [2.45, 2.75) is 25.1 Å². The molecule has 0 unspecified atom stereocenters. The lowest BCUT2D eigenvalue weighted by atomic mass is 9.85. The summed E-state index contributed by atoms with van der Waals surface area (Å²) in [4.78, 5) is 41.1. The van der Waals surface area contributed by atoms with Crippen LogP contribution in [0.1, 0.15) is 17.5 Å². The summed E-state index contributed by atoms with van der Waals surface area (Å²) >= 11 is 6.06. The van der Waals surface area contributed by atoms with Gasteiger partial charge in [-0.2, -0.15) is 13.2 Å². The van der Waals surface area contributed by atoms with Gasteiger partial charge in [0.15, 0.2) is 0 Å². The second-order valence-corrected chi connectivity index (χ2v) is 9.34. The number of hydrogen-bond acceptors (Lipinski definition) is 3. The third-order valence-electron chi connectivity index (χ3n) is 6.94. The second kappa shape index (κ2) is 8.27. The van der Waals surface area contributed by atoms with Gasteiger partial charge in [-0.3, -0.25) is 19.3 Å². The van der Waals surface area contributed by atoms with Gasteiger partial charge in [0.05, 0.1) is 28.1 Å². The van der Waals surface area contributed by atoms with Crippen molar-refractivity contribution in [3.8, 4) is 0 Å². The number of likely N-dealkylation sites (tertiary alicyclic amines) is 1. The summed E-state index contributed by atoms with van der Waals surface area (Å²) in [6.45, 7) is 0. The van der Waals surface area contributed by atoms with Crippen molar-refractivity contribution >= 4 is 35.0 Å². The highest BCUT2D eigenvalue weighted by atomic mass is 35.5. The number of nitrogens with one attached hydrogen (secondary N) is 1. The average molecular weight is 489 g/mol. The van der Waals surface area contributed by atoms with Crippen LogP contribution in [0.4, 0.5) is 18.9 Å². The molecule has 9 heteroatoms. The molecule has 1 N–H and O–H groups in total. The fourth-order valence-electron chi connectivity index (χ4n) is 5.38. The van der Waals surface area contributed by atoms with E-state index in [1.165, 1.54) is 0 Å². The smallest absolute Gasteiger partial charge is 0.323 e. The summed E-state index contributed by atoms with van der Waals surface area (Å²) in [6, 6.07) is 10.2. The number of imide groups is 1. The van der Waals surface area contributed by atoms with Crippen LogP contribution in [0.15, 0.2) is 60.7 Å². The molecule has 2 aliphatic carbocycles. The fraction of sp³-hybridized carbons (Fsp3) is 0.320. The Morgan fingerprint density at radius 3 is 2.24 bits per heavy atom. The lowest BCUT2D eigenvalue weighted by Crippen LogP contribution is -2.49. The number of benzene rings is 2. The predicted molar refractivity (Wildman–Crippen MR) is 119 cm³/mol. The Morgan fingerprint density at radius 2 is 1.65 bits per heavy atom. The molecular formula is C25H20ClF3N2O3. The molecule has 1 aliphatic heterocycles. The zero-order valence-electron chi connectivity index (χ0n) is 17.8. The van der Waals surface area contributed by atoms with Crippen LogP contribution in [0, 0.1) is 23.7 Å². The number of carbonyl (C=O) groups excluding carboxylic acids is 3. The molecule has 1 saturated heterocycles. The summed E-state index contributed by atoms with van der Waals surface area (Å²) in [6.07, 6.45) is 0.0570. The molecule has 3 amide bonds. The zero-order valence-corrected chi connectivity index (χ0v) is 18.5. The monoisotopic (exact) mass is 488 g/mol. The van der Waals surface area contributed by atoms with Gasteiger partial charge in [-0.25, -0.2) is 0 Å². The van der Waals surface area contributed by atoms with Gasteiger partial charge in [0.2, 0.25) is 17.7 Å². The van der Waals surface area contributed by atoms with E-state index in [1.54, 1.807) is 30.3 Å². The van der Waals surface area contributed by atoms with Crippen LogP contribution in [0.2, 0.25) is 5.02 Å². The van der Waals surface area contributed by atoms with Crippen molar-refractivity contribution in [2.24, 2.45) is 23.7 Å². The number of amides is 3. The summed E-state index contributed by atoms with van der Waals surface area (Å²) in [5.41, 5.74) is -0.505. The largest absolute Gasteiger partial charge is 0.416 e. The van der Waals surface area contributed by atoms with Crippen molar-refractivity contribution in [3.63, 3.8) is 0 Å². The fourth-order valence-corrected chi connectivity index (χ4v) is 5.55. The molecule has 2 bridgehead atoms. The van der Waals surface area contributed by atoms with Gasteiger partial charge < -0.3 is 5.32 Å². The zero-order chi connectivity index (χ0) is 24.2. The molecule has 1 heterocycles. The quantitative estimate of drug-likeness (QED) is 0.489. The van der Waals surface area contributed by atoms with Crippen molar-refractivity contribution in [3.05, 3.63) is 76.8 Å². The molecule has 3 aliphatic rings. The van der Waals surface area contributed by atoms with Crippen LogP contribution in [-0.4, -0.2) is 28.7 Å². The number of halogens is 4. The van der Waals surface area contributed by atoms with E-state index in [9.17, 15) is 27.6 Å². The Morgan fingerprint density at radius 1 is 1.03 bits per heavy atom. The Hall–Kier alpha value is -3.13. The first-order valence-electron chi connectivity index (χ1n) is 10.9. The van der Waals surface area contributed by atoms with Crippen LogP contribution in [-0.2, 0) is 27.0 Å². The summed E-state index contributed by atoms with van der Waals surface area (Å²) in [5, 5.41) is 2.35. The number of allylic oxidation sites excluding steroid dienone is 2. The van der Waals surface area contributed by atoms with Gasteiger partial charge >= 0.3 is 6.18 Å². The molecule has 2 fully saturated rings. The van der Waals surface area contributed by atoms with Crippen molar-refractivity contribution in [1.82, 2.24) is 4.90 Å². The van der Waals surface area contributed by atoms with Crippen LogP contribution in [0.25, 0.3) is 0 Å². The highest BCUT2D eigenvalue weighted by molar-refractivity contribution is 6.33. The number of rotatable bonds is 5. The molecule has 0 radical (unpaired) electrons. The first-order valence-corrected chi connectivity index (χ1v) is 11.3. The van der Waals surface area contributed by atoms with E-state index in [-0.39, 0.29) is 29.0 Å². The van der Waals surface area contributed by atoms with Gasteiger partial charge in [-0.05, 0) is 42.0 Å². The Kier molecular flexibility index (Phi) is 5.51. The molecule has 0 aromatic heterocycles. The number of carbonyl (C=O) groups is 3. The van der Waals surface area contributed by atoms with Gasteiger partial charge in [0, 0.05) is 6.42 Å². The minimum atomic E-state index is -4.63. The van der Waals surface area contributed by atoms with Crippen LogP contribution in [0.3, 0.4) is 0 Å². The van der Waals surface area contributed by atoms with E-state index in [2.05, 4.69) is 5.32 Å². The van der Waals surface area contributed by atoms with Gasteiger partial charge in [-0.15, -0.1) is 0 Å². The summed E-state index contributed by atoms with van der Waals surface area (Å²) < 4.78 is 39.5. The predicted octanol–water partition coefficient (Wildman–Crippen LogP) is 4.72. The number of anilines is 1. The van der Waals surface area contributed by atoms with E-state index in [0.29, 0.717) is 5.56 Å². The van der Waals surface area contributed by atoms with Crippen molar-refractivity contribution in [1.29, 1.82) is 0 Å². The second-order valence-electron chi connectivity index (χ2n) is 8.93. The Labute approximate surface area is 198 Å². The third-order valence-corrected chi connectivity index (χ3v) is 7.27. The standard InChI is InChI=1S/C25H20ClF3N2O3/c26-17-9-8-16(25(27,28)29)12-18(17)30-22(32)19(10-13-4-2-1-3-5-13)31-23(33)20-14-6-7-15(11-14)21(20)24(31)34/h1-9,12,14-15,19-21H,10-11H2,(H,30,32)/t14-,15-,19+,20-,21+/m0/s1. The normalized spacial score (nSPS) is 26.2. The van der Waals surface area contributed by atoms with E-state index < -0.39 is 47.3 Å². The molecule has 2 aromatic rings. The Bertz CT molecular complexity index is 1170. The molecule has 176 valence electrons. The van der Waals surface area contributed by atoms with Gasteiger partial charge in [0.25, 0.3) is 0 Å². The maximum Gasteiger partial charge on any atom is 0.416 e. The van der Waals surface area contributed by atoms with Crippen LogP contribution in [0.5, 0.6) is 0 Å². The van der Waals surface area contributed by atoms with E-state index >= 15 is 0 Å². The molecule has 0 spiro atoms. The van der Waals surface area contributed by atoms with E-state index in [0.717, 1.165) is 29.5 Å². The van der Waals surface area contributed by atoms with Gasteiger partial charge in [-0.1, -0.05) is 54.1 Å². The minimum absolute atomic E-state index is 0.0307. The molecule has 5 atom stereocenters. The molecule has 5 nitrogen and oxygen atoms in total. The molecule has 5 rings (SSSR count). The maximum atomic E-state index is 13.4. The maximum absolute atomic E-state index is 13.4. The molecular weight excluding hydrogens is 469 g/mol. The van der Waals surface area contributed by atoms with Crippen LogP contribution >= 0.6 is 11.6 Å². The van der Waals surface area contributed by atoms with Crippen LogP contribution < -0.4 is 5.32 Å². The molecule has 2 aromatic carbocycles.